The van der Waals surface area contributed by atoms with E-state index in [0.717, 1.165) is 18.4 Å². The fraction of sp³-hybridized carbons (Fsp3) is 0.250. The molecule has 0 saturated heterocycles. The third kappa shape index (κ3) is 4.69. The van der Waals surface area contributed by atoms with Crippen LogP contribution in [0.3, 0.4) is 0 Å². The molecular weight excluding hydrogens is 431 g/mol. The van der Waals surface area contributed by atoms with Gasteiger partial charge in [-0.1, -0.05) is 47.1 Å². The molecule has 1 fully saturated rings. The van der Waals surface area contributed by atoms with Crippen molar-refractivity contribution in [2.45, 2.75) is 24.0 Å². The van der Waals surface area contributed by atoms with Gasteiger partial charge in [-0.15, -0.1) is 10.2 Å². The monoisotopic (exact) mass is 448 g/mol. The van der Waals surface area contributed by atoms with E-state index in [1.807, 2.05) is 22.8 Å². The van der Waals surface area contributed by atoms with Gasteiger partial charge in [0.15, 0.2) is 11.0 Å². The van der Waals surface area contributed by atoms with E-state index in [4.69, 9.17) is 27.9 Å². The number of hydrogen-bond acceptors (Lipinski definition) is 5. The summed E-state index contributed by atoms with van der Waals surface area (Å²) in [6.07, 6.45) is 2.09. The van der Waals surface area contributed by atoms with Crippen molar-refractivity contribution in [1.82, 2.24) is 20.1 Å². The number of ether oxygens (including phenoxy) is 1. The average molecular weight is 449 g/mol. The van der Waals surface area contributed by atoms with Crippen LogP contribution >= 0.6 is 35.0 Å². The lowest BCUT2D eigenvalue weighted by Crippen LogP contribution is -2.27. The van der Waals surface area contributed by atoms with E-state index < -0.39 is 0 Å². The first-order chi connectivity index (χ1) is 14.0. The Labute approximate surface area is 182 Å². The molecule has 29 heavy (non-hydrogen) atoms. The molecule has 1 aliphatic carbocycles. The highest BCUT2D eigenvalue weighted by Gasteiger charge is 2.24. The highest BCUT2D eigenvalue weighted by Crippen LogP contribution is 2.34. The van der Waals surface area contributed by atoms with Crippen LogP contribution in [0.15, 0.2) is 47.6 Å². The van der Waals surface area contributed by atoms with Crippen molar-refractivity contribution in [3.63, 3.8) is 0 Å². The van der Waals surface area contributed by atoms with Crippen molar-refractivity contribution in [2.24, 2.45) is 0 Å². The molecule has 1 saturated carbocycles. The Balaban J connectivity index is 1.75. The van der Waals surface area contributed by atoms with E-state index in [9.17, 15) is 4.79 Å². The summed E-state index contributed by atoms with van der Waals surface area (Å²) < 4.78 is 7.37. The maximum absolute atomic E-state index is 12.2. The molecule has 3 aromatic rings. The van der Waals surface area contributed by atoms with Gasteiger partial charge in [-0.3, -0.25) is 9.36 Å². The Bertz CT molecular complexity index is 1050. The minimum Gasteiger partial charge on any atom is -0.495 e. The van der Waals surface area contributed by atoms with Crippen molar-refractivity contribution >= 4 is 40.9 Å². The van der Waals surface area contributed by atoms with Crippen LogP contribution in [0, 0.1) is 0 Å². The number of aromatic nitrogens is 3. The summed E-state index contributed by atoms with van der Waals surface area (Å²) in [7, 11) is 1.59. The van der Waals surface area contributed by atoms with Gasteiger partial charge >= 0.3 is 0 Å². The van der Waals surface area contributed by atoms with Crippen molar-refractivity contribution < 1.29 is 9.53 Å². The zero-order chi connectivity index (χ0) is 20.4. The molecule has 4 rings (SSSR count). The molecule has 0 spiro atoms. The van der Waals surface area contributed by atoms with Gasteiger partial charge in [0, 0.05) is 21.7 Å². The molecule has 9 heteroatoms. The summed E-state index contributed by atoms with van der Waals surface area (Å²) in [4.78, 5) is 12.2. The van der Waals surface area contributed by atoms with Gasteiger partial charge in [0.25, 0.3) is 0 Å². The SMILES string of the molecule is COc1ccc(Cl)cc1-n1c(SCC(=O)NC2CC2)nnc1-c1cccc(Cl)c1. The summed E-state index contributed by atoms with van der Waals surface area (Å²) in [6.45, 7) is 0. The van der Waals surface area contributed by atoms with E-state index in [0.29, 0.717) is 38.5 Å². The van der Waals surface area contributed by atoms with Gasteiger partial charge < -0.3 is 10.1 Å². The van der Waals surface area contributed by atoms with Gasteiger partial charge in [0.05, 0.1) is 18.6 Å². The summed E-state index contributed by atoms with van der Waals surface area (Å²) in [5.41, 5.74) is 1.48. The molecule has 6 nitrogen and oxygen atoms in total. The van der Waals surface area contributed by atoms with Crippen LogP contribution in [0.2, 0.25) is 10.0 Å². The third-order valence-electron chi connectivity index (χ3n) is 4.37. The normalized spacial score (nSPS) is 13.3. The predicted molar refractivity (Wildman–Crippen MR) is 115 cm³/mol. The number of carbonyl (C=O) groups is 1. The molecule has 0 radical (unpaired) electrons. The fourth-order valence-electron chi connectivity index (χ4n) is 2.86. The minimum absolute atomic E-state index is 0.0191. The Morgan fingerprint density at radius 1 is 1.21 bits per heavy atom. The lowest BCUT2D eigenvalue weighted by Gasteiger charge is -2.14. The van der Waals surface area contributed by atoms with Crippen LogP contribution in [0.1, 0.15) is 12.8 Å². The maximum atomic E-state index is 12.2. The Hall–Kier alpha value is -2.22. The molecule has 2 aromatic carbocycles. The molecule has 0 aliphatic heterocycles. The molecular formula is C20H18Cl2N4O2S. The number of thioether (sulfide) groups is 1. The van der Waals surface area contributed by atoms with Crippen LogP contribution in [0.25, 0.3) is 17.1 Å². The molecule has 1 amide bonds. The highest BCUT2D eigenvalue weighted by atomic mass is 35.5. The van der Waals surface area contributed by atoms with Crippen LogP contribution in [-0.2, 0) is 4.79 Å². The molecule has 150 valence electrons. The Morgan fingerprint density at radius 3 is 2.72 bits per heavy atom. The molecule has 1 aliphatic rings. The summed E-state index contributed by atoms with van der Waals surface area (Å²) in [6, 6.07) is 13.0. The number of halogens is 2. The zero-order valence-corrected chi connectivity index (χ0v) is 17.9. The number of methoxy groups -OCH3 is 1. The lowest BCUT2D eigenvalue weighted by molar-refractivity contribution is -0.118. The molecule has 1 heterocycles. The number of carbonyl (C=O) groups excluding carboxylic acids is 1. The van der Waals surface area contributed by atoms with Crippen LogP contribution in [0.4, 0.5) is 0 Å². The molecule has 0 bridgehead atoms. The second-order valence-electron chi connectivity index (χ2n) is 6.60. The van der Waals surface area contributed by atoms with Gasteiger partial charge in [-0.25, -0.2) is 0 Å². The fourth-order valence-corrected chi connectivity index (χ4v) is 3.97. The number of rotatable bonds is 7. The number of nitrogens with one attached hydrogen (secondary N) is 1. The van der Waals surface area contributed by atoms with Gasteiger partial charge in [0.2, 0.25) is 5.91 Å². The molecule has 0 atom stereocenters. The molecule has 1 aromatic heterocycles. The second kappa shape index (κ2) is 8.65. The highest BCUT2D eigenvalue weighted by molar-refractivity contribution is 7.99. The number of benzene rings is 2. The van der Waals surface area contributed by atoms with Gasteiger partial charge in [-0.2, -0.15) is 0 Å². The van der Waals surface area contributed by atoms with E-state index in [-0.39, 0.29) is 11.7 Å². The molecule has 0 unspecified atom stereocenters. The van der Waals surface area contributed by atoms with E-state index >= 15 is 0 Å². The quantitative estimate of drug-likeness (QED) is 0.533. The Morgan fingerprint density at radius 2 is 2.00 bits per heavy atom. The van der Waals surface area contributed by atoms with Crippen LogP contribution in [0.5, 0.6) is 5.75 Å². The lowest BCUT2D eigenvalue weighted by atomic mass is 10.2. The summed E-state index contributed by atoms with van der Waals surface area (Å²) in [5, 5.41) is 13.4. The van der Waals surface area contributed by atoms with Crippen molar-refractivity contribution in [1.29, 1.82) is 0 Å². The van der Waals surface area contributed by atoms with Crippen molar-refractivity contribution in [3.05, 3.63) is 52.5 Å². The Kier molecular flexibility index (Phi) is 5.99. The maximum Gasteiger partial charge on any atom is 0.230 e. The third-order valence-corrected chi connectivity index (χ3v) is 5.77. The van der Waals surface area contributed by atoms with E-state index in [1.54, 1.807) is 31.4 Å². The first kappa shape index (κ1) is 20.1. The van der Waals surface area contributed by atoms with Gasteiger partial charge in [-0.05, 0) is 43.2 Å². The predicted octanol–water partition coefficient (Wildman–Crippen LogP) is 4.62. The second-order valence-corrected chi connectivity index (χ2v) is 8.41. The zero-order valence-electron chi connectivity index (χ0n) is 15.6. The number of amides is 1. The first-order valence-corrected chi connectivity index (χ1v) is 10.8. The van der Waals surface area contributed by atoms with Gasteiger partial charge in [0.1, 0.15) is 5.75 Å². The average Bonchev–Trinajstić information content (AvgIpc) is 3.41. The first-order valence-electron chi connectivity index (χ1n) is 9.02. The topological polar surface area (TPSA) is 69.0 Å². The van der Waals surface area contributed by atoms with Crippen LogP contribution in [-0.4, -0.2) is 39.6 Å². The standard InChI is InChI=1S/C20H18Cl2N4O2S/c1-28-17-8-5-14(22)10-16(17)26-19(12-3-2-4-13(21)9-12)24-25-20(26)29-11-18(27)23-15-6-7-15/h2-5,8-10,15H,6-7,11H2,1H3,(H,23,27). The minimum atomic E-state index is -0.0191. The largest absolute Gasteiger partial charge is 0.495 e. The number of hydrogen-bond donors (Lipinski definition) is 1. The van der Waals surface area contributed by atoms with E-state index in [2.05, 4.69) is 15.5 Å². The smallest absolute Gasteiger partial charge is 0.230 e. The molecule has 1 N–H and O–H groups in total. The van der Waals surface area contributed by atoms with Crippen molar-refractivity contribution in [3.8, 4) is 22.8 Å². The summed E-state index contributed by atoms with van der Waals surface area (Å²) >= 11 is 13.7. The van der Waals surface area contributed by atoms with Crippen LogP contribution < -0.4 is 10.1 Å². The number of nitrogens with zero attached hydrogens (tertiary/aromatic N) is 3. The van der Waals surface area contributed by atoms with E-state index in [1.165, 1.54) is 11.8 Å². The van der Waals surface area contributed by atoms with Crippen molar-refractivity contribution in [2.75, 3.05) is 12.9 Å². The summed E-state index contributed by atoms with van der Waals surface area (Å²) in [5.74, 6) is 1.42.